The number of hydrogen-bond acceptors (Lipinski definition) is 6. The van der Waals surface area contributed by atoms with Gasteiger partial charge in [0.05, 0.1) is 41.5 Å². The minimum absolute atomic E-state index is 0.559. The highest BCUT2D eigenvalue weighted by Gasteiger charge is 2.03. The number of ether oxygens (including phenoxy) is 4. The molecule has 0 saturated heterocycles. The van der Waals surface area contributed by atoms with Crippen molar-refractivity contribution in [2.24, 2.45) is 9.98 Å². The lowest BCUT2D eigenvalue weighted by Gasteiger charge is -2.07. The fourth-order valence-electron chi connectivity index (χ4n) is 2.32. The fourth-order valence-corrected chi connectivity index (χ4v) is 2.32. The van der Waals surface area contributed by atoms with E-state index in [1.165, 1.54) is 0 Å². The molecule has 2 aromatic rings. The van der Waals surface area contributed by atoms with Crippen LogP contribution >= 0.6 is 0 Å². The Morgan fingerprint density at radius 2 is 1.08 bits per heavy atom. The number of aliphatic imine (C=N–C) groups is 2. The highest BCUT2D eigenvalue weighted by atomic mass is 16.5. The van der Waals surface area contributed by atoms with E-state index in [1.807, 2.05) is 36.4 Å². The molecule has 0 fully saturated rings. The number of methoxy groups -OCH3 is 4. The zero-order valence-corrected chi connectivity index (χ0v) is 15.6. The van der Waals surface area contributed by atoms with Crippen LogP contribution in [0.4, 0.5) is 0 Å². The van der Waals surface area contributed by atoms with Gasteiger partial charge in [-0.3, -0.25) is 9.98 Å². The SMILES string of the molecule is COc1ccc(OC)c(C=NCCN=Cc2cc(OC)ccc2OC)c1. The molecule has 0 amide bonds. The summed E-state index contributed by atoms with van der Waals surface area (Å²) in [5.74, 6) is 3.02. The number of hydrogen-bond donors (Lipinski definition) is 0. The Morgan fingerprint density at radius 3 is 1.42 bits per heavy atom. The predicted molar refractivity (Wildman–Crippen MR) is 104 cm³/mol. The molecule has 0 heterocycles. The van der Waals surface area contributed by atoms with E-state index in [1.54, 1.807) is 40.9 Å². The van der Waals surface area contributed by atoms with Crippen LogP contribution in [0.5, 0.6) is 23.0 Å². The average Bonchev–Trinajstić information content (AvgIpc) is 2.70. The van der Waals surface area contributed by atoms with E-state index in [-0.39, 0.29) is 0 Å². The smallest absolute Gasteiger partial charge is 0.127 e. The van der Waals surface area contributed by atoms with Crippen molar-refractivity contribution in [3.63, 3.8) is 0 Å². The molecule has 2 aromatic carbocycles. The molecular formula is C20H24N2O4. The maximum Gasteiger partial charge on any atom is 0.127 e. The predicted octanol–water partition coefficient (Wildman–Crippen LogP) is 3.26. The lowest BCUT2D eigenvalue weighted by Crippen LogP contribution is -1.96. The second-order valence-electron chi connectivity index (χ2n) is 5.29. The molecule has 0 aliphatic rings. The minimum atomic E-state index is 0.559. The quantitative estimate of drug-likeness (QED) is 0.511. The molecule has 138 valence electrons. The molecule has 2 rings (SSSR count). The summed E-state index contributed by atoms with van der Waals surface area (Å²) < 4.78 is 21.1. The van der Waals surface area contributed by atoms with Crippen LogP contribution in [0.1, 0.15) is 11.1 Å². The fraction of sp³-hybridized carbons (Fsp3) is 0.300. The normalized spacial score (nSPS) is 11.1. The van der Waals surface area contributed by atoms with E-state index in [9.17, 15) is 0 Å². The third kappa shape index (κ3) is 5.24. The van der Waals surface area contributed by atoms with E-state index in [4.69, 9.17) is 18.9 Å². The molecule has 6 heteroatoms. The zero-order valence-electron chi connectivity index (χ0n) is 15.6. The molecule has 0 N–H and O–H groups in total. The Hall–Kier alpha value is -3.02. The van der Waals surface area contributed by atoms with Crippen LogP contribution in [0.3, 0.4) is 0 Å². The van der Waals surface area contributed by atoms with Crippen molar-refractivity contribution in [2.45, 2.75) is 0 Å². The number of rotatable bonds is 9. The molecule has 0 saturated carbocycles. The van der Waals surface area contributed by atoms with Gasteiger partial charge in [0.1, 0.15) is 23.0 Å². The molecule has 0 unspecified atom stereocenters. The summed E-state index contributed by atoms with van der Waals surface area (Å²) in [6, 6.07) is 11.2. The van der Waals surface area contributed by atoms with Crippen LogP contribution in [-0.2, 0) is 0 Å². The summed E-state index contributed by atoms with van der Waals surface area (Å²) in [6.07, 6.45) is 3.53. The van der Waals surface area contributed by atoms with E-state index >= 15 is 0 Å². The minimum Gasteiger partial charge on any atom is -0.497 e. The van der Waals surface area contributed by atoms with Gasteiger partial charge in [-0.2, -0.15) is 0 Å². The summed E-state index contributed by atoms with van der Waals surface area (Å²) in [6.45, 7) is 1.12. The Balaban J connectivity index is 1.96. The van der Waals surface area contributed by atoms with Gasteiger partial charge in [-0.15, -0.1) is 0 Å². The van der Waals surface area contributed by atoms with Gasteiger partial charge in [0, 0.05) is 23.6 Å². The van der Waals surface area contributed by atoms with E-state index in [0.29, 0.717) is 13.1 Å². The van der Waals surface area contributed by atoms with Gasteiger partial charge in [0.2, 0.25) is 0 Å². The van der Waals surface area contributed by atoms with E-state index in [2.05, 4.69) is 9.98 Å². The molecule has 0 aliphatic carbocycles. The summed E-state index contributed by atoms with van der Waals surface area (Å²) in [5, 5.41) is 0. The maximum atomic E-state index is 5.33. The molecule has 0 spiro atoms. The first-order valence-electron chi connectivity index (χ1n) is 8.15. The van der Waals surface area contributed by atoms with Crippen LogP contribution in [-0.4, -0.2) is 54.0 Å². The molecule has 0 aromatic heterocycles. The van der Waals surface area contributed by atoms with Crippen LogP contribution < -0.4 is 18.9 Å². The third-order valence-corrected chi connectivity index (χ3v) is 3.69. The standard InChI is InChI=1S/C20H24N2O4/c1-23-17-5-7-19(25-3)15(11-17)13-21-9-10-22-14-16-12-18(24-2)6-8-20(16)26-4/h5-8,11-14H,9-10H2,1-4H3. The van der Waals surface area contributed by atoms with Gasteiger partial charge in [-0.25, -0.2) is 0 Å². The molecule has 0 radical (unpaired) electrons. The summed E-state index contributed by atoms with van der Waals surface area (Å²) >= 11 is 0. The van der Waals surface area contributed by atoms with E-state index < -0.39 is 0 Å². The van der Waals surface area contributed by atoms with Crippen LogP contribution in [0.25, 0.3) is 0 Å². The Kier molecular flexibility index (Phi) is 7.49. The monoisotopic (exact) mass is 356 g/mol. The van der Waals surface area contributed by atoms with Crippen molar-refractivity contribution < 1.29 is 18.9 Å². The lowest BCUT2D eigenvalue weighted by molar-refractivity contribution is 0.402. The Morgan fingerprint density at radius 1 is 0.654 bits per heavy atom. The van der Waals surface area contributed by atoms with Crippen molar-refractivity contribution in [1.82, 2.24) is 0 Å². The Labute approximate surface area is 154 Å². The topological polar surface area (TPSA) is 61.6 Å². The highest BCUT2D eigenvalue weighted by Crippen LogP contribution is 2.23. The van der Waals surface area contributed by atoms with Crippen molar-refractivity contribution in [3.05, 3.63) is 47.5 Å². The summed E-state index contributed by atoms with van der Waals surface area (Å²) in [5.41, 5.74) is 1.73. The number of nitrogens with zero attached hydrogens (tertiary/aromatic N) is 2. The second kappa shape index (κ2) is 10.1. The molecular weight excluding hydrogens is 332 g/mol. The van der Waals surface area contributed by atoms with Gasteiger partial charge < -0.3 is 18.9 Å². The Bertz CT molecular complexity index is 707. The van der Waals surface area contributed by atoms with Gasteiger partial charge in [-0.1, -0.05) is 0 Å². The summed E-state index contributed by atoms with van der Waals surface area (Å²) in [7, 11) is 6.52. The first-order chi connectivity index (χ1) is 12.7. The van der Waals surface area contributed by atoms with Gasteiger partial charge in [0.15, 0.2) is 0 Å². The first kappa shape index (κ1) is 19.3. The van der Waals surface area contributed by atoms with E-state index in [0.717, 1.165) is 34.1 Å². The van der Waals surface area contributed by atoms with Crippen molar-refractivity contribution >= 4 is 12.4 Å². The van der Waals surface area contributed by atoms with Crippen LogP contribution in [0, 0.1) is 0 Å². The molecule has 0 atom stereocenters. The van der Waals surface area contributed by atoms with Crippen LogP contribution in [0.2, 0.25) is 0 Å². The average molecular weight is 356 g/mol. The van der Waals surface area contributed by atoms with Gasteiger partial charge in [-0.05, 0) is 36.4 Å². The summed E-state index contributed by atoms with van der Waals surface area (Å²) in [4.78, 5) is 8.81. The largest absolute Gasteiger partial charge is 0.497 e. The van der Waals surface area contributed by atoms with Gasteiger partial charge in [0.25, 0.3) is 0 Å². The van der Waals surface area contributed by atoms with Gasteiger partial charge >= 0.3 is 0 Å². The van der Waals surface area contributed by atoms with Crippen molar-refractivity contribution in [1.29, 1.82) is 0 Å². The third-order valence-electron chi connectivity index (χ3n) is 3.69. The molecule has 6 nitrogen and oxygen atoms in total. The van der Waals surface area contributed by atoms with Crippen molar-refractivity contribution in [2.75, 3.05) is 41.5 Å². The molecule has 26 heavy (non-hydrogen) atoms. The maximum absolute atomic E-state index is 5.33. The second-order valence-corrected chi connectivity index (χ2v) is 5.29. The molecule has 0 bridgehead atoms. The van der Waals surface area contributed by atoms with Crippen molar-refractivity contribution in [3.8, 4) is 23.0 Å². The zero-order chi connectivity index (χ0) is 18.8. The van der Waals surface area contributed by atoms with Crippen LogP contribution in [0.15, 0.2) is 46.4 Å². The number of benzene rings is 2. The lowest BCUT2D eigenvalue weighted by atomic mass is 10.2. The molecule has 0 aliphatic heterocycles. The first-order valence-corrected chi connectivity index (χ1v) is 8.15. The highest BCUT2D eigenvalue weighted by molar-refractivity contribution is 5.85.